The molecule has 2 aromatic rings. The van der Waals surface area contributed by atoms with Gasteiger partial charge in [-0.25, -0.2) is 4.68 Å². The molecule has 0 radical (unpaired) electrons. The standard InChI is InChI=1S/C13H16N4O3/c1-3-4-9-7-10(20-16-9)8-14-13(19)11-5-6-12(18)17(2)15-11/h5-7H,3-4,8H2,1-2H3,(H,14,19). The van der Waals surface area contributed by atoms with Gasteiger partial charge in [-0.05, 0) is 12.5 Å². The number of hydrogen-bond acceptors (Lipinski definition) is 5. The van der Waals surface area contributed by atoms with E-state index in [9.17, 15) is 9.59 Å². The maximum absolute atomic E-state index is 11.9. The summed E-state index contributed by atoms with van der Waals surface area (Å²) >= 11 is 0. The molecule has 0 bridgehead atoms. The number of amides is 1. The normalized spacial score (nSPS) is 10.5. The van der Waals surface area contributed by atoms with Gasteiger partial charge in [0.25, 0.3) is 11.5 Å². The quantitative estimate of drug-likeness (QED) is 0.866. The average molecular weight is 276 g/mol. The Balaban J connectivity index is 1.97. The number of carbonyl (C=O) groups is 1. The second-order valence-electron chi connectivity index (χ2n) is 4.40. The van der Waals surface area contributed by atoms with Crippen molar-refractivity contribution in [2.45, 2.75) is 26.3 Å². The summed E-state index contributed by atoms with van der Waals surface area (Å²) in [5, 5.41) is 10.4. The van der Waals surface area contributed by atoms with Crippen LogP contribution in [0.4, 0.5) is 0 Å². The van der Waals surface area contributed by atoms with E-state index in [1.807, 2.05) is 6.07 Å². The molecule has 2 rings (SSSR count). The number of hydrogen-bond donors (Lipinski definition) is 1. The number of rotatable bonds is 5. The minimum atomic E-state index is -0.367. The molecule has 1 amide bonds. The van der Waals surface area contributed by atoms with Crippen LogP contribution in [0.1, 0.15) is 35.3 Å². The van der Waals surface area contributed by atoms with Gasteiger partial charge in [-0.15, -0.1) is 0 Å². The zero-order valence-corrected chi connectivity index (χ0v) is 11.4. The van der Waals surface area contributed by atoms with Crippen molar-refractivity contribution in [3.8, 4) is 0 Å². The van der Waals surface area contributed by atoms with E-state index in [0.29, 0.717) is 5.76 Å². The largest absolute Gasteiger partial charge is 0.359 e. The second-order valence-corrected chi connectivity index (χ2v) is 4.40. The van der Waals surface area contributed by atoms with Gasteiger partial charge in [0.1, 0.15) is 5.69 Å². The molecule has 2 aromatic heterocycles. The third-order valence-electron chi connectivity index (χ3n) is 2.73. The Labute approximate surface area is 115 Å². The monoisotopic (exact) mass is 276 g/mol. The van der Waals surface area contributed by atoms with Crippen LogP contribution in [0, 0.1) is 0 Å². The summed E-state index contributed by atoms with van der Waals surface area (Å²) in [6, 6.07) is 4.51. The molecule has 7 heteroatoms. The van der Waals surface area contributed by atoms with Crippen molar-refractivity contribution >= 4 is 5.91 Å². The Morgan fingerprint density at radius 3 is 2.95 bits per heavy atom. The predicted octanol–water partition coefficient (Wildman–Crippen LogP) is 0.651. The van der Waals surface area contributed by atoms with E-state index in [1.54, 1.807) is 0 Å². The predicted molar refractivity (Wildman–Crippen MR) is 71.1 cm³/mol. The van der Waals surface area contributed by atoms with Gasteiger partial charge in [0, 0.05) is 19.2 Å². The van der Waals surface area contributed by atoms with Crippen molar-refractivity contribution in [3.05, 3.63) is 45.7 Å². The highest BCUT2D eigenvalue weighted by Gasteiger charge is 2.10. The Morgan fingerprint density at radius 2 is 2.25 bits per heavy atom. The summed E-state index contributed by atoms with van der Waals surface area (Å²) in [6.45, 7) is 2.29. The fourth-order valence-corrected chi connectivity index (χ4v) is 1.69. The van der Waals surface area contributed by atoms with Crippen molar-refractivity contribution < 1.29 is 9.32 Å². The molecule has 20 heavy (non-hydrogen) atoms. The Hall–Kier alpha value is -2.44. The van der Waals surface area contributed by atoms with Crippen LogP contribution >= 0.6 is 0 Å². The van der Waals surface area contributed by atoms with Crippen LogP contribution in [0.3, 0.4) is 0 Å². The minimum Gasteiger partial charge on any atom is -0.359 e. The van der Waals surface area contributed by atoms with Crippen LogP contribution in [0.25, 0.3) is 0 Å². The molecule has 0 aromatic carbocycles. The maximum Gasteiger partial charge on any atom is 0.272 e. The summed E-state index contributed by atoms with van der Waals surface area (Å²) in [4.78, 5) is 23.0. The lowest BCUT2D eigenvalue weighted by atomic mass is 10.2. The van der Waals surface area contributed by atoms with E-state index in [0.717, 1.165) is 23.2 Å². The zero-order chi connectivity index (χ0) is 14.5. The lowest BCUT2D eigenvalue weighted by Crippen LogP contribution is -2.27. The van der Waals surface area contributed by atoms with Gasteiger partial charge in [0.05, 0.1) is 12.2 Å². The molecule has 0 saturated heterocycles. The van der Waals surface area contributed by atoms with Gasteiger partial charge in [0.2, 0.25) is 0 Å². The van der Waals surface area contributed by atoms with E-state index in [2.05, 4.69) is 22.5 Å². The smallest absolute Gasteiger partial charge is 0.272 e. The van der Waals surface area contributed by atoms with E-state index < -0.39 is 0 Å². The van der Waals surface area contributed by atoms with Crippen LogP contribution in [-0.2, 0) is 20.0 Å². The molecule has 0 saturated carbocycles. The first-order chi connectivity index (χ1) is 9.60. The summed E-state index contributed by atoms with van der Waals surface area (Å²) < 4.78 is 6.22. The van der Waals surface area contributed by atoms with E-state index in [1.165, 1.54) is 19.2 Å². The van der Waals surface area contributed by atoms with E-state index in [-0.39, 0.29) is 23.7 Å². The lowest BCUT2D eigenvalue weighted by Gasteiger charge is -2.03. The molecule has 106 valence electrons. The van der Waals surface area contributed by atoms with Gasteiger partial charge < -0.3 is 9.84 Å². The highest BCUT2D eigenvalue weighted by Crippen LogP contribution is 2.05. The number of nitrogens with zero attached hydrogens (tertiary/aromatic N) is 3. The van der Waals surface area contributed by atoms with Gasteiger partial charge in [-0.3, -0.25) is 9.59 Å². The highest BCUT2D eigenvalue weighted by molar-refractivity contribution is 5.91. The van der Waals surface area contributed by atoms with Gasteiger partial charge in [-0.1, -0.05) is 18.5 Å². The average Bonchev–Trinajstić information content (AvgIpc) is 2.87. The Bertz CT molecular complexity index is 660. The number of aryl methyl sites for hydroxylation is 2. The zero-order valence-electron chi connectivity index (χ0n) is 11.4. The number of nitrogens with one attached hydrogen (secondary N) is 1. The highest BCUT2D eigenvalue weighted by atomic mass is 16.5. The van der Waals surface area contributed by atoms with E-state index >= 15 is 0 Å². The third kappa shape index (κ3) is 3.31. The van der Waals surface area contributed by atoms with Crippen molar-refractivity contribution in [1.82, 2.24) is 20.3 Å². The van der Waals surface area contributed by atoms with Crippen LogP contribution < -0.4 is 10.9 Å². The SMILES string of the molecule is CCCc1cc(CNC(=O)c2ccc(=O)n(C)n2)on1. The van der Waals surface area contributed by atoms with Crippen molar-refractivity contribution in [1.29, 1.82) is 0 Å². The molecule has 0 aliphatic heterocycles. The van der Waals surface area contributed by atoms with E-state index in [4.69, 9.17) is 4.52 Å². The van der Waals surface area contributed by atoms with Gasteiger partial charge in [-0.2, -0.15) is 5.10 Å². The van der Waals surface area contributed by atoms with Crippen LogP contribution in [0.15, 0.2) is 27.5 Å². The molecule has 0 aliphatic rings. The Morgan fingerprint density at radius 1 is 1.45 bits per heavy atom. The van der Waals surface area contributed by atoms with Crippen molar-refractivity contribution in [2.75, 3.05) is 0 Å². The molecule has 0 fully saturated rings. The first-order valence-corrected chi connectivity index (χ1v) is 6.37. The summed E-state index contributed by atoms with van der Waals surface area (Å²) in [6.07, 6.45) is 1.83. The molecule has 0 spiro atoms. The molecular weight excluding hydrogens is 260 g/mol. The van der Waals surface area contributed by atoms with Crippen LogP contribution in [0.2, 0.25) is 0 Å². The van der Waals surface area contributed by atoms with Gasteiger partial charge in [0.15, 0.2) is 5.76 Å². The molecular formula is C13H16N4O3. The van der Waals surface area contributed by atoms with Crippen molar-refractivity contribution in [3.63, 3.8) is 0 Å². The fourth-order valence-electron chi connectivity index (χ4n) is 1.69. The fraction of sp³-hybridized carbons (Fsp3) is 0.385. The third-order valence-corrected chi connectivity index (χ3v) is 2.73. The lowest BCUT2D eigenvalue weighted by molar-refractivity contribution is 0.0939. The second kappa shape index (κ2) is 6.14. The van der Waals surface area contributed by atoms with Crippen molar-refractivity contribution in [2.24, 2.45) is 7.05 Å². The van der Waals surface area contributed by atoms with Crippen LogP contribution in [-0.4, -0.2) is 20.8 Å². The summed E-state index contributed by atoms with van der Waals surface area (Å²) in [7, 11) is 1.49. The minimum absolute atomic E-state index is 0.181. The summed E-state index contributed by atoms with van der Waals surface area (Å²) in [5.74, 6) is 0.223. The number of carbonyl (C=O) groups excluding carboxylic acids is 1. The first-order valence-electron chi connectivity index (χ1n) is 6.37. The van der Waals surface area contributed by atoms with Crippen LogP contribution in [0.5, 0.6) is 0 Å². The Kier molecular flexibility index (Phi) is 4.29. The molecule has 7 nitrogen and oxygen atoms in total. The topological polar surface area (TPSA) is 90.0 Å². The summed E-state index contributed by atoms with van der Waals surface area (Å²) in [5.41, 5.74) is 0.790. The number of aromatic nitrogens is 3. The molecule has 0 unspecified atom stereocenters. The molecule has 1 N–H and O–H groups in total. The maximum atomic E-state index is 11.9. The molecule has 0 atom stereocenters. The molecule has 0 aliphatic carbocycles. The first kappa shape index (κ1) is 14.0. The van der Waals surface area contributed by atoms with Gasteiger partial charge >= 0.3 is 0 Å². The molecule has 2 heterocycles.